The second-order valence-electron chi connectivity index (χ2n) is 8.40. The van der Waals surface area contributed by atoms with E-state index in [0.29, 0.717) is 27.5 Å². The number of rotatable bonds is 6. The molecule has 0 saturated carbocycles. The van der Waals surface area contributed by atoms with Gasteiger partial charge in [0.1, 0.15) is 11.5 Å². The van der Waals surface area contributed by atoms with Crippen LogP contribution in [0.15, 0.2) is 72.3 Å². The molecule has 0 radical (unpaired) electrons. The third-order valence-corrected chi connectivity index (χ3v) is 7.30. The van der Waals surface area contributed by atoms with Gasteiger partial charge in [-0.15, -0.1) is 0 Å². The molecule has 0 bridgehead atoms. The highest BCUT2D eigenvalue weighted by Gasteiger charge is 2.48. The number of non-ortho nitro benzene ring substituents is 1. The van der Waals surface area contributed by atoms with Gasteiger partial charge in [0.15, 0.2) is 5.13 Å². The molecule has 1 N–H and O–H groups in total. The first-order valence-electron chi connectivity index (χ1n) is 11.4. The molecule has 0 spiro atoms. The smallest absolute Gasteiger partial charge is 0.301 e. The second kappa shape index (κ2) is 9.47. The van der Waals surface area contributed by atoms with Gasteiger partial charge in [-0.3, -0.25) is 24.6 Å². The first-order valence-corrected chi connectivity index (χ1v) is 12.2. The van der Waals surface area contributed by atoms with Crippen LogP contribution in [-0.2, 0) is 16.0 Å². The lowest BCUT2D eigenvalue weighted by Gasteiger charge is -2.22. The van der Waals surface area contributed by atoms with Crippen LogP contribution in [0.2, 0.25) is 0 Å². The lowest BCUT2D eigenvalue weighted by atomic mass is 9.95. The van der Waals surface area contributed by atoms with Gasteiger partial charge in [-0.2, -0.15) is 0 Å². The number of hydrogen-bond donors (Lipinski definition) is 1. The summed E-state index contributed by atoms with van der Waals surface area (Å²) in [6, 6.07) is 16.8. The van der Waals surface area contributed by atoms with Gasteiger partial charge in [0.2, 0.25) is 0 Å². The molecule has 1 saturated heterocycles. The fourth-order valence-corrected chi connectivity index (χ4v) is 5.36. The number of nitrogens with zero attached hydrogens (tertiary/aromatic N) is 3. The number of Topliss-reactive ketones (excluding diaryl/α,β-unsaturated/α-hetero) is 1. The first kappa shape index (κ1) is 24.1. The number of thiazole rings is 1. The molecule has 5 rings (SSSR count). The van der Waals surface area contributed by atoms with Gasteiger partial charge in [-0.25, -0.2) is 4.98 Å². The van der Waals surface area contributed by atoms with Crippen molar-refractivity contribution >= 4 is 49.8 Å². The van der Waals surface area contributed by atoms with Gasteiger partial charge in [-0.05, 0) is 66.1 Å². The average molecular weight is 516 g/mol. The number of aliphatic hydroxyl groups excluding tert-OH is 1. The number of fused-ring (bicyclic) bond motifs is 1. The number of nitro groups is 1. The molecule has 4 aromatic rings. The number of carbonyl (C=O) groups is 2. The zero-order valence-electron chi connectivity index (χ0n) is 19.9. The maximum absolute atomic E-state index is 13.4. The number of ether oxygens (including phenoxy) is 1. The van der Waals surface area contributed by atoms with E-state index in [0.717, 1.165) is 16.7 Å². The van der Waals surface area contributed by atoms with E-state index in [4.69, 9.17) is 4.74 Å². The summed E-state index contributed by atoms with van der Waals surface area (Å²) in [6.07, 6.45) is 0.832. The van der Waals surface area contributed by atoms with Crippen molar-refractivity contribution in [2.45, 2.75) is 19.4 Å². The van der Waals surface area contributed by atoms with Crippen molar-refractivity contribution in [3.8, 4) is 5.75 Å². The van der Waals surface area contributed by atoms with E-state index < -0.39 is 22.7 Å². The molecule has 1 aliphatic rings. The van der Waals surface area contributed by atoms with E-state index in [1.165, 1.54) is 47.6 Å². The number of methoxy groups -OCH3 is 1. The van der Waals surface area contributed by atoms with E-state index in [2.05, 4.69) is 4.98 Å². The summed E-state index contributed by atoms with van der Waals surface area (Å²) >= 11 is 1.26. The first-order chi connectivity index (χ1) is 17.8. The molecule has 0 aliphatic carbocycles. The van der Waals surface area contributed by atoms with E-state index in [9.17, 15) is 24.8 Å². The molecule has 1 aliphatic heterocycles. The minimum absolute atomic E-state index is 0.127. The zero-order chi connectivity index (χ0) is 26.3. The summed E-state index contributed by atoms with van der Waals surface area (Å²) in [5.74, 6) is -1.51. The Morgan fingerprint density at radius 1 is 1.11 bits per heavy atom. The highest BCUT2D eigenvalue weighted by molar-refractivity contribution is 7.22. The van der Waals surface area contributed by atoms with Crippen LogP contribution in [0.3, 0.4) is 0 Å². The Balaban J connectivity index is 1.70. The number of carbonyl (C=O) groups excluding carboxylic acids is 2. The highest BCUT2D eigenvalue weighted by Crippen LogP contribution is 2.44. The predicted octanol–water partition coefficient (Wildman–Crippen LogP) is 5.40. The number of ketones is 1. The van der Waals surface area contributed by atoms with Gasteiger partial charge in [0, 0.05) is 17.7 Å². The van der Waals surface area contributed by atoms with Crippen molar-refractivity contribution < 1.29 is 24.4 Å². The van der Waals surface area contributed by atoms with Crippen LogP contribution in [0.4, 0.5) is 10.8 Å². The van der Waals surface area contributed by atoms with E-state index in [1.807, 2.05) is 25.1 Å². The standard InChI is InChI=1S/C27H21N3O6S/c1-3-15-4-13-20-21(14-15)37-27(28-20)29-23(16-5-9-18(10-6-16)30(34)35)22(25(32)26(29)33)24(31)17-7-11-19(36-2)12-8-17/h4-14,23,31H,3H2,1-2H3/b24-22+/t23-/m1/s1. The zero-order valence-corrected chi connectivity index (χ0v) is 20.7. The molecular formula is C27H21N3O6S. The molecule has 1 fully saturated rings. The lowest BCUT2D eigenvalue weighted by molar-refractivity contribution is -0.384. The monoisotopic (exact) mass is 515 g/mol. The summed E-state index contributed by atoms with van der Waals surface area (Å²) in [7, 11) is 1.51. The fraction of sp³-hybridized carbons (Fsp3) is 0.148. The summed E-state index contributed by atoms with van der Waals surface area (Å²) in [5.41, 5.74) is 2.27. The van der Waals surface area contributed by atoms with Gasteiger partial charge in [0.05, 0.1) is 33.9 Å². The van der Waals surface area contributed by atoms with E-state index in [-0.39, 0.29) is 17.0 Å². The second-order valence-corrected chi connectivity index (χ2v) is 9.41. The number of aromatic nitrogens is 1. The molecule has 37 heavy (non-hydrogen) atoms. The third kappa shape index (κ3) is 4.21. The number of anilines is 1. The van der Waals surface area contributed by atoms with Crippen molar-refractivity contribution in [1.29, 1.82) is 0 Å². The van der Waals surface area contributed by atoms with Gasteiger partial charge in [0.25, 0.3) is 11.5 Å². The van der Waals surface area contributed by atoms with Crippen LogP contribution in [0.1, 0.15) is 29.7 Å². The van der Waals surface area contributed by atoms with Crippen LogP contribution in [0, 0.1) is 10.1 Å². The number of hydrogen-bond acceptors (Lipinski definition) is 8. The maximum Gasteiger partial charge on any atom is 0.301 e. The molecule has 1 atom stereocenters. The van der Waals surface area contributed by atoms with Gasteiger partial charge in [-0.1, -0.05) is 24.3 Å². The van der Waals surface area contributed by atoms with Crippen LogP contribution in [0.25, 0.3) is 16.0 Å². The Hall–Kier alpha value is -4.57. The van der Waals surface area contributed by atoms with Crippen molar-refractivity contribution in [3.63, 3.8) is 0 Å². The van der Waals surface area contributed by atoms with Crippen molar-refractivity contribution in [3.05, 3.63) is 99.1 Å². The Labute approximate surface area is 215 Å². The normalized spacial score (nSPS) is 16.9. The van der Waals surface area contributed by atoms with E-state index >= 15 is 0 Å². The number of nitro benzene ring substituents is 1. The molecular weight excluding hydrogens is 494 g/mol. The number of amides is 1. The molecule has 0 unspecified atom stereocenters. The van der Waals surface area contributed by atoms with Crippen LogP contribution in [-0.4, -0.2) is 33.8 Å². The van der Waals surface area contributed by atoms with Crippen molar-refractivity contribution in [1.82, 2.24) is 4.98 Å². The number of benzene rings is 3. The molecule has 1 aromatic heterocycles. The molecule has 3 aromatic carbocycles. The molecule has 2 heterocycles. The van der Waals surface area contributed by atoms with Gasteiger partial charge >= 0.3 is 5.91 Å². The summed E-state index contributed by atoms with van der Waals surface area (Å²) in [5, 5.41) is 22.7. The Kier molecular flexibility index (Phi) is 6.18. The van der Waals surface area contributed by atoms with Crippen LogP contribution < -0.4 is 9.64 Å². The largest absolute Gasteiger partial charge is 0.507 e. The summed E-state index contributed by atoms with van der Waals surface area (Å²) in [6.45, 7) is 2.04. The summed E-state index contributed by atoms with van der Waals surface area (Å²) in [4.78, 5) is 43.3. The number of aliphatic hydroxyl groups is 1. The van der Waals surface area contributed by atoms with Crippen molar-refractivity contribution in [2.24, 2.45) is 0 Å². The Morgan fingerprint density at radius 2 is 1.81 bits per heavy atom. The molecule has 10 heteroatoms. The SMILES string of the molecule is CCc1ccc2nc(N3C(=O)C(=O)/C(=C(/O)c4ccc(OC)cc4)[C@H]3c3ccc([N+](=O)[O-])cc3)sc2c1. The summed E-state index contributed by atoms with van der Waals surface area (Å²) < 4.78 is 6.02. The predicted molar refractivity (Wildman–Crippen MR) is 140 cm³/mol. The van der Waals surface area contributed by atoms with Crippen LogP contribution >= 0.6 is 11.3 Å². The van der Waals surface area contributed by atoms with Gasteiger partial charge < -0.3 is 9.84 Å². The molecule has 186 valence electrons. The van der Waals surface area contributed by atoms with Crippen molar-refractivity contribution in [2.75, 3.05) is 12.0 Å². The topological polar surface area (TPSA) is 123 Å². The average Bonchev–Trinajstić information content (AvgIpc) is 3.45. The van der Waals surface area contributed by atoms with E-state index in [1.54, 1.807) is 24.3 Å². The highest BCUT2D eigenvalue weighted by atomic mass is 32.1. The third-order valence-electron chi connectivity index (χ3n) is 6.28. The fourth-order valence-electron chi connectivity index (χ4n) is 4.31. The minimum atomic E-state index is -1.03. The lowest BCUT2D eigenvalue weighted by Crippen LogP contribution is -2.29. The molecule has 9 nitrogen and oxygen atoms in total. The number of aryl methyl sites for hydroxylation is 1. The Morgan fingerprint density at radius 3 is 2.43 bits per heavy atom. The molecule has 1 amide bonds. The Bertz CT molecular complexity index is 1570. The van der Waals surface area contributed by atoms with Crippen LogP contribution in [0.5, 0.6) is 5.75 Å². The minimum Gasteiger partial charge on any atom is -0.507 e. The quantitative estimate of drug-likeness (QED) is 0.120. The maximum atomic E-state index is 13.4.